The highest BCUT2D eigenvalue weighted by atomic mass is 16.5. The Morgan fingerprint density at radius 2 is 1.95 bits per heavy atom. The van der Waals surface area contributed by atoms with E-state index < -0.39 is 0 Å². The van der Waals surface area contributed by atoms with Crippen molar-refractivity contribution in [1.29, 1.82) is 0 Å². The van der Waals surface area contributed by atoms with Crippen LogP contribution in [0.25, 0.3) is 11.1 Å². The van der Waals surface area contributed by atoms with E-state index in [4.69, 9.17) is 4.74 Å². The highest BCUT2D eigenvalue weighted by Gasteiger charge is 2.23. The maximum Gasteiger partial charge on any atom is 0.418 e. The molecule has 1 aliphatic carbocycles. The Bertz CT molecular complexity index is 613. The minimum absolute atomic E-state index is 0.257. The number of hydrogen-bond donors (Lipinski definition) is 0. The number of carbonyl (C=O) groups excluding carboxylic acids is 1. The van der Waals surface area contributed by atoms with Crippen LogP contribution in [0.2, 0.25) is 0 Å². The second-order valence-corrected chi connectivity index (χ2v) is 5.11. The van der Waals surface area contributed by atoms with Crippen LogP contribution in [0.4, 0.5) is 4.79 Å². The third-order valence-electron chi connectivity index (χ3n) is 3.86. The molecule has 0 bridgehead atoms. The van der Waals surface area contributed by atoms with Crippen LogP contribution in [0.1, 0.15) is 31.0 Å². The molecule has 104 valence electrons. The van der Waals surface area contributed by atoms with E-state index in [2.05, 4.69) is 12.1 Å². The van der Waals surface area contributed by atoms with Crippen LogP contribution in [0.5, 0.6) is 0 Å². The number of nitrogens with zero attached hydrogens (tertiary/aromatic N) is 1. The molecule has 20 heavy (non-hydrogen) atoms. The summed E-state index contributed by atoms with van der Waals surface area (Å²) in [5, 5.41) is 0. The van der Waals surface area contributed by atoms with Gasteiger partial charge in [-0.3, -0.25) is 4.57 Å². The average Bonchev–Trinajstić information content (AvgIpc) is 2.88. The van der Waals surface area contributed by atoms with Crippen molar-refractivity contribution in [2.24, 2.45) is 0 Å². The summed E-state index contributed by atoms with van der Waals surface area (Å²) in [4.78, 5) is 12.1. The maximum atomic E-state index is 12.1. The van der Waals surface area contributed by atoms with Crippen LogP contribution in [-0.2, 0) is 17.6 Å². The van der Waals surface area contributed by atoms with Crippen LogP contribution in [0, 0.1) is 0 Å². The number of fused-ring (bicyclic) bond motifs is 1. The number of carbonyl (C=O) groups is 1. The predicted molar refractivity (Wildman–Crippen MR) is 78.9 cm³/mol. The first kappa shape index (κ1) is 13.0. The van der Waals surface area contributed by atoms with Gasteiger partial charge in [-0.15, -0.1) is 0 Å². The molecule has 0 unspecified atom stereocenters. The second-order valence-electron chi connectivity index (χ2n) is 5.11. The Hall–Kier alpha value is -2.03. The van der Waals surface area contributed by atoms with E-state index in [1.807, 2.05) is 31.3 Å². The van der Waals surface area contributed by atoms with Gasteiger partial charge in [0.1, 0.15) is 0 Å². The number of hydrogen-bond acceptors (Lipinski definition) is 2. The summed E-state index contributed by atoms with van der Waals surface area (Å²) in [5.74, 6) is 0. The highest BCUT2D eigenvalue weighted by molar-refractivity contribution is 5.78. The molecule has 0 aliphatic heterocycles. The normalized spacial score (nSPS) is 13.8. The first-order valence-electron chi connectivity index (χ1n) is 7.27. The quantitative estimate of drug-likeness (QED) is 0.824. The topological polar surface area (TPSA) is 31.2 Å². The summed E-state index contributed by atoms with van der Waals surface area (Å²) >= 11 is 0. The molecule has 0 N–H and O–H groups in total. The van der Waals surface area contributed by atoms with Gasteiger partial charge in [0.2, 0.25) is 0 Å². The summed E-state index contributed by atoms with van der Waals surface area (Å²) in [6.45, 7) is 2.25. The van der Waals surface area contributed by atoms with Crippen molar-refractivity contribution in [1.82, 2.24) is 4.57 Å². The lowest BCUT2D eigenvalue weighted by atomic mass is 9.92. The molecular formula is C17H19NO2. The van der Waals surface area contributed by atoms with Gasteiger partial charge in [-0.25, -0.2) is 4.79 Å². The fraction of sp³-hybridized carbons (Fsp3) is 0.353. The van der Waals surface area contributed by atoms with Crippen LogP contribution in [0.15, 0.2) is 36.5 Å². The molecule has 0 radical (unpaired) electrons. The second kappa shape index (κ2) is 5.53. The molecule has 0 saturated carbocycles. The van der Waals surface area contributed by atoms with Crippen molar-refractivity contribution < 1.29 is 9.53 Å². The van der Waals surface area contributed by atoms with Crippen molar-refractivity contribution >= 4 is 6.09 Å². The zero-order chi connectivity index (χ0) is 13.9. The monoisotopic (exact) mass is 269 g/mol. The van der Waals surface area contributed by atoms with Gasteiger partial charge < -0.3 is 4.74 Å². The Labute approximate surface area is 119 Å². The largest absolute Gasteiger partial charge is 0.449 e. The van der Waals surface area contributed by atoms with Gasteiger partial charge in [0.05, 0.1) is 6.61 Å². The minimum Gasteiger partial charge on any atom is -0.449 e. The standard InChI is InChI=1S/C17H19NO2/c1-2-20-17(19)18-12-15(13-8-4-3-5-9-13)14-10-6-7-11-16(14)18/h3-5,8-9,12H,2,6-7,10-11H2,1H3. The van der Waals surface area contributed by atoms with Crippen molar-refractivity contribution in [3.63, 3.8) is 0 Å². The lowest BCUT2D eigenvalue weighted by molar-refractivity contribution is 0.153. The van der Waals surface area contributed by atoms with Gasteiger partial charge in [-0.05, 0) is 43.7 Å². The molecule has 2 aromatic rings. The van der Waals surface area contributed by atoms with Gasteiger partial charge in [0.25, 0.3) is 0 Å². The lowest BCUT2D eigenvalue weighted by Gasteiger charge is -2.15. The third kappa shape index (κ3) is 2.24. The summed E-state index contributed by atoms with van der Waals surface area (Å²) < 4.78 is 6.88. The molecule has 0 fully saturated rings. The van der Waals surface area contributed by atoms with E-state index in [1.54, 1.807) is 4.57 Å². The van der Waals surface area contributed by atoms with Crippen LogP contribution < -0.4 is 0 Å². The molecule has 1 aromatic carbocycles. The molecule has 0 saturated heterocycles. The van der Waals surface area contributed by atoms with Gasteiger partial charge in [0.15, 0.2) is 0 Å². The SMILES string of the molecule is CCOC(=O)n1cc(-c2ccccc2)c2c1CCCC2. The first-order valence-corrected chi connectivity index (χ1v) is 7.27. The molecular weight excluding hydrogens is 250 g/mol. The summed E-state index contributed by atoms with van der Waals surface area (Å²) in [5.41, 5.74) is 4.80. The van der Waals surface area contributed by atoms with E-state index in [0.717, 1.165) is 25.0 Å². The maximum absolute atomic E-state index is 12.1. The van der Waals surface area contributed by atoms with Crippen molar-refractivity contribution in [2.45, 2.75) is 32.6 Å². The first-order chi connectivity index (χ1) is 9.81. The molecule has 0 atom stereocenters. The zero-order valence-electron chi connectivity index (χ0n) is 11.8. The molecule has 3 heteroatoms. The van der Waals surface area contributed by atoms with E-state index in [-0.39, 0.29) is 6.09 Å². The molecule has 3 nitrogen and oxygen atoms in total. The summed E-state index contributed by atoms with van der Waals surface area (Å²) in [6.07, 6.45) is 6.04. The van der Waals surface area contributed by atoms with Crippen molar-refractivity contribution in [3.05, 3.63) is 47.8 Å². The summed E-state index contributed by atoms with van der Waals surface area (Å²) in [6, 6.07) is 10.3. The smallest absolute Gasteiger partial charge is 0.418 e. The molecule has 0 spiro atoms. The predicted octanol–water partition coefficient (Wildman–Crippen LogP) is 4.04. The van der Waals surface area contributed by atoms with E-state index in [9.17, 15) is 4.79 Å². The van der Waals surface area contributed by atoms with E-state index in [1.165, 1.54) is 23.1 Å². The number of aromatic nitrogens is 1. The Kier molecular flexibility index (Phi) is 3.59. The Morgan fingerprint density at radius 3 is 2.70 bits per heavy atom. The van der Waals surface area contributed by atoms with Crippen LogP contribution in [-0.4, -0.2) is 17.3 Å². The molecule has 1 heterocycles. The minimum atomic E-state index is -0.257. The molecule has 1 aliphatic rings. The fourth-order valence-corrected chi connectivity index (χ4v) is 2.95. The molecule has 3 rings (SSSR count). The van der Waals surface area contributed by atoms with Crippen molar-refractivity contribution in [2.75, 3.05) is 6.61 Å². The van der Waals surface area contributed by atoms with E-state index >= 15 is 0 Å². The Balaban J connectivity index is 2.09. The molecule has 0 amide bonds. The highest BCUT2D eigenvalue weighted by Crippen LogP contribution is 2.33. The van der Waals surface area contributed by atoms with Crippen molar-refractivity contribution in [3.8, 4) is 11.1 Å². The fourth-order valence-electron chi connectivity index (χ4n) is 2.95. The molecule has 1 aromatic heterocycles. The van der Waals surface area contributed by atoms with Gasteiger partial charge in [0, 0.05) is 17.5 Å². The van der Waals surface area contributed by atoms with Crippen LogP contribution in [0.3, 0.4) is 0 Å². The van der Waals surface area contributed by atoms with Gasteiger partial charge in [-0.1, -0.05) is 30.3 Å². The zero-order valence-corrected chi connectivity index (χ0v) is 11.8. The lowest BCUT2D eigenvalue weighted by Crippen LogP contribution is -2.17. The number of rotatable bonds is 2. The Morgan fingerprint density at radius 1 is 1.20 bits per heavy atom. The summed E-state index contributed by atoms with van der Waals surface area (Å²) in [7, 11) is 0. The average molecular weight is 269 g/mol. The van der Waals surface area contributed by atoms with Crippen LogP contribution >= 0.6 is 0 Å². The van der Waals surface area contributed by atoms with E-state index in [0.29, 0.717) is 6.61 Å². The van der Waals surface area contributed by atoms with Gasteiger partial charge >= 0.3 is 6.09 Å². The number of ether oxygens (including phenoxy) is 1. The third-order valence-corrected chi connectivity index (χ3v) is 3.86. The number of benzene rings is 1. The van der Waals surface area contributed by atoms with Gasteiger partial charge in [-0.2, -0.15) is 0 Å².